The van der Waals surface area contributed by atoms with Gasteiger partial charge in [0.2, 0.25) is 11.4 Å². The molecule has 0 aromatic heterocycles. The highest BCUT2D eigenvalue weighted by atomic mass is 19.4. The topological polar surface area (TPSA) is 152 Å². The molecule has 11 nitrogen and oxygen atoms in total. The highest BCUT2D eigenvalue weighted by molar-refractivity contribution is 5.87. The minimum Gasteiger partial charge on any atom is -0.463 e. The van der Waals surface area contributed by atoms with Gasteiger partial charge < -0.3 is 28.8 Å². The zero-order valence-corrected chi connectivity index (χ0v) is 54.6. The third-order valence-electron chi connectivity index (χ3n) is 17.5. The van der Waals surface area contributed by atoms with E-state index in [0.717, 1.165) is 36.8 Å². The van der Waals surface area contributed by atoms with Crippen LogP contribution in [0.25, 0.3) is 0 Å². The molecule has 7 saturated carbocycles. The van der Waals surface area contributed by atoms with Crippen molar-refractivity contribution in [2.45, 2.75) is 210 Å². The zero-order chi connectivity index (χ0) is 75.7. The van der Waals surface area contributed by atoms with E-state index in [1.54, 1.807) is 59.3 Å². The van der Waals surface area contributed by atoms with E-state index in [4.69, 9.17) is 14.6 Å². The Balaban J connectivity index is 0.00000116. The number of rotatable bonds is 25. The zero-order valence-electron chi connectivity index (χ0n) is 54.6. The van der Waals surface area contributed by atoms with E-state index in [9.17, 15) is 116 Å². The molecule has 6 unspecified atom stereocenters. The number of aliphatic hydroxyl groups is 1. The predicted octanol–water partition coefficient (Wildman–Crippen LogP) is 19.0. The SMILES string of the molecule is C1CC2C3CCC(C3)C2C1.C=C(C)C(=O)OC1(C)C2CC3CC(C2)CC1C3.C=CC(=O)OCC.C=CC(=O)OCC.C=CC(=O)OCC(CC)CCCC.C=CC(=O)OCCC(F)(F)C(F)(F)C(F)(F)C(F)(F)C(F)(F)C(F)(F)F.C=CCC(O)(C(F)(F)F)C(F)(F)C(F)=C(F)F. The molecule has 6 atom stereocenters. The molecule has 1 N–H and O–H groups in total. The minimum absolute atomic E-state index is 0.194. The van der Waals surface area contributed by atoms with Crippen molar-refractivity contribution in [1.29, 1.82) is 0 Å². The fraction of sp³-hybridized carbons (Fsp3) is 0.708. The van der Waals surface area contributed by atoms with Crippen molar-refractivity contribution in [2.24, 2.45) is 53.3 Å². The van der Waals surface area contributed by atoms with E-state index < -0.39 is 90.8 Å². The number of fused-ring (bicyclic) bond motifs is 5. The Morgan fingerprint density at radius 3 is 1.32 bits per heavy atom. The first-order valence-corrected chi connectivity index (χ1v) is 30.9. The van der Waals surface area contributed by atoms with Crippen molar-refractivity contribution in [1.82, 2.24) is 0 Å². The fourth-order valence-corrected chi connectivity index (χ4v) is 12.4. The van der Waals surface area contributed by atoms with Gasteiger partial charge in [-0.1, -0.05) is 78.5 Å². The van der Waals surface area contributed by atoms with Gasteiger partial charge in [-0.15, -0.1) is 6.58 Å². The van der Waals surface area contributed by atoms with Crippen LogP contribution >= 0.6 is 0 Å². The lowest BCUT2D eigenvalue weighted by Crippen LogP contribution is -2.70. The van der Waals surface area contributed by atoms with Gasteiger partial charge in [0.1, 0.15) is 5.60 Å². The van der Waals surface area contributed by atoms with E-state index in [1.807, 2.05) is 0 Å². The number of alkyl halides is 18. The summed E-state index contributed by atoms with van der Waals surface area (Å²) in [7, 11) is 0. The molecule has 0 amide bonds. The summed E-state index contributed by atoms with van der Waals surface area (Å²) in [6.07, 6.45) is 3.16. The van der Waals surface area contributed by atoms with Crippen LogP contribution in [0.5, 0.6) is 0 Å². The van der Waals surface area contributed by atoms with Gasteiger partial charge in [-0.05, 0) is 152 Å². The molecule has 0 saturated heterocycles. The maximum Gasteiger partial charge on any atom is 0.460 e. The number of hydrogen-bond acceptors (Lipinski definition) is 11. The first-order valence-electron chi connectivity index (χ1n) is 30.9. The first kappa shape index (κ1) is 91.0. The lowest BCUT2D eigenvalue weighted by Gasteiger charge is -2.59. The standard InChI is InChI=1S/C15H22O2.C11H7F13O2.C11H20O2.C10H16.C8H6F8O.2C5H8O2/c1-9(2)14(16)17-15(3)12-5-10-4-11(7-12)8-13(15)6-10;1-2-5(25)26-4-3-6(12,13)7(14,15)8(16,17)9(18,19)10(20,21)11(22,23)24;1-4-7-8-10(5-2)9-13-11(12)6-3;1-2-9-7-4-5-8(6-7)10(9)3-1;1-2-3-6(17,8(14,15)16)7(12,13)4(9)5(10)11;2*1-3-5(6)7-4-2/h10-13H,1,4-8H2,2-3H3;2H,1,3-4H2;6,10H,3-5,7-9H2,1-2H3;7-10H,1-6H2;2,17H,1,3H2;2*3H,1,4H2,2H3. The normalized spacial score (nSPS) is 23.8. The quantitative estimate of drug-likeness (QED) is 0.0306. The molecule has 560 valence electrons. The summed E-state index contributed by atoms with van der Waals surface area (Å²) in [5, 5.41) is 8.74. The predicted molar refractivity (Wildman–Crippen MR) is 314 cm³/mol. The number of esters is 5. The van der Waals surface area contributed by atoms with Crippen LogP contribution in [0.15, 0.2) is 87.3 Å². The third kappa shape index (κ3) is 23.8. The maximum atomic E-state index is 13.2. The van der Waals surface area contributed by atoms with Gasteiger partial charge in [-0.3, -0.25) is 0 Å². The molecule has 7 fully saturated rings. The van der Waals surface area contributed by atoms with E-state index in [2.05, 4.69) is 74.5 Å². The summed E-state index contributed by atoms with van der Waals surface area (Å²) in [4.78, 5) is 53.2. The number of carbonyl (C=O) groups excluding carboxylic acids is 5. The summed E-state index contributed by atoms with van der Waals surface area (Å²) in [6, 6.07) is 0. The second kappa shape index (κ2) is 38.6. The Labute approximate surface area is 550 Å². The van der Waals surface area contributed by atoms with Crippen molar-refractivity contribution in [3.63, 3.8) is 0 Å². The molecule has 7 aliphatic rings. The Morgan fingerprint density at radius 2 is 0.979 bits per heavy atom. The summed E-state index contributed by atoms with van der Waals surface area (Å²) in [5.41, 5.74) is -4.65. The van der Waals surface area contributed by atoms with Crippen LogP contribution in [0, 0.1) is 53.3 Å². The molecular formula is C65H87F21O11. The van der Waals surface area contributed by atoms with Crippen LogP contribution in [0.3, 0.4) is 0 Å². The largest absolute Gasteiger partial charge is 0.463 e. The Hall–Kier alpha value is -5.98. The molecule has 0 aromatic rings. The molecular weight excluding hydrogens is 1360 g/mol. The first-order chi connectivity index (χ1) is 44.4. The molecule has 97 heavy (non-hydrogen) atoms. The van der Waals surface area contributed by atoms with Crippen molar-refractivity contribution in [3.05, 3.63) is 87.3 Å². The summed E-state index contributed by atoms with van der Waals surface area (Å²) in [6.45, 7) is 30.1. The molecule has 0 spiro atoms. The van der Waals surface area contributed by atoms with E-state index in [0.29, 0.717) is 49.2 Å². The third-order valence-corrected chi connectivity index (χ3v) is 17.5. The summed E-state index contributed by atoms with van der Waals surface area (Å²) < 4.78 is 286. The highest BCUT2D eigenvalue weighted by Crippen LogP contribution is 2.62. The van der Waals surface area contributed by atoms with Crippen molar-refractivity contribution in [3.8, 4) is 0 Å². The molecule has 7 rings (SSSR count). The van der Waals surface area contributed by atoms with Crippen LogP contribution in [0.1, 0.15) is 151 Å². The summed E-state index contributed by atoms with van der Waals surface area (Å²) >= 11 is 0. The van der Waals surface area contributed by atoms with Crippen LogP contribution in [-0.2, 0) is 47.7 Å². The maximum absolute atomic E-state index is 13.2. The highest BCUT2D eigenvalue weighted by Gasteiger charge is 2.90. The second-order valence-corrected chi connectivity index (χ2v) is 24.0. The van der Waals surface area contributed by atoms with Crippen molar-refractivity contribution >= 4 is 29.8 Å². The van der Waals surface area contributed by atoms with Crippen molar-refractivity contribution < 1.29 is 145 Å². The van der Waals surface area contributed by atoms with Crippen LogP contribution in [-0.4, -0.2) is 120 Å². The Kier molecular flexibility index (Phi) is 36.2. The van der Waals surface area contributed by atoms with Gasteiger partial charge in [-0.25, -0.2) is 24.0 Å². The molecule has 0 heterocycles. The molecule has 32 heteroatoms. The van der Waals surface area contributed by atoms with Gasteiger partial charge in [0.25, 0.3) is 0 Å². The fourth-order valence-electron chi connectivity index (χ4n) is 12.4. The number of hydrogen-bond donors (Lipinski definition) is 1. The van der Waals surface area contributed by atoms with E-state index in [-0.39, 0.29) is 35.6 Å². The van der Waals surface area contributed by atoms with Crippen molar-refractivity contribution in [2.75, 3.05) is 26.4 Å². The smallest absolute Gasteiger partial charge is 0.460 e. The van der Waals surface area contributed by atoms with Gasteiger partial charge in [0.15, 0.2) is 0 Å². The van der Waals surface area contributed by atoms with Gasteiger partial charge in [0, 0.05) is 36.3 Å². The number of ether oxygens (including phenoxy) is 5. The molecule has 0 aliphatic heterocycles. The summed E-state index contributed by atoms with van der Waals surface area (Å²) in [5.74, 6) is -41.0. The lowest BCUT2D eigenvalue weighted by molar-refractivity contribution is -0.440. The monoisotopic (exact) mass is 1440 g/mol. The molecule has 7 aliphatic carbocycles. The van der Waals surface area contributed by atoms with E-state index >= 15 is 0 Å². The second-order valence-electron chi connectivity index (χ2n) is 24.0. The number of unbranched alkanes of at least 4 members (excludes halogenated alkanes) is 1. The van der Waals surface area contributed by atoms with Crippen LogP contribution in [0.2, 0.25) is 0 Å². The molecule has 6 bridgehead atoms. The average Bonchev–Trinajstić information content (AvgIpc) is 1.23. The molecule has 0 radical (unpaired) electrons. The van der Waals surface area contributed by atoms with Crippen LogP contribution in [0.4, 0.5) is 92.2 Å². The number of carbonyl (C=O) groups is 5. The van der Waals surface area contributed by atoms with Gasteiger partial charge >= 0.3 is 83.8 Å². The number of halogens is 21. The van der Waals surface area contributed by atoms with Gasteiger partial charge in [-0.2, -0.15) is 92.2 Å². The van der Waals surface area contributed by atoms with E-state index in [1.165, 1.54) is 74.7 Å². The van der Waals surface area contributed by atoms with Crippen LogP contribution < -0.4 is 0 Å². The lowest BCUT2D eigenvalue weighted by atomic mass is 9.50. The Bertz CT molecular complexity index is 2570. The molecule has 0 aromatic carbocycles. The van der Waals surface area contributed by atoms with Gasteiger partial charge in [0.05, 0.1) is 32.8 Å². The average molecular weight is 1440 g/mol. The minimum atomic E-state index is -7.94. The Morgan fingerprint density at radius 1 is 0.567 bits per heavy atom.